The molecule has 3 aliphatic carbocycles. The fourth-order valence-corrected chi connectivity index (χ4v) is 12.2. The lowest BCUT2D eigenvalue weighted by Gasteiger charge is -2.30. The molecule has 11 aromatic rings. The summed E-state index contributed by atoms with van der Waals surface area (Å²) < 4.78 is 7.28. The van der Waals surface area contributed by atoms with Crippen LogP contribution in [0.2, 0.25) is 0 Å². The fraction of sp³-hybridized carbons (Fsp3) is 0.0625. The SMILES string of the molecule is CC1(C)c2ccccc2-c2ccc(N(c3ccc(-c4ccccc4)cc3)c3ccc4c(c3)oc3cc5c(c(-c6ccccc6)c34)-c3ccccc3C53c4ccccc4-c4ccccc43)cc21. The van der Waals surface area contributed by atoms with Gasteiger partial charge in [0.2, 0.25) is 0 Å². The average molecular weight is 842 g/mol. The summed E-state index contributed by atoms with van der Waals surface area (Å²) in [4.78, 5) is 2.40. The molecule has 0 fully saturated rings. The van der Waals surface area contributed by atoms with Crippen LogP contribution in [0, 0.1) is 0 Å². The number of anilines is 3. The lowest BCUT2D eigenvalue weighted by molar-refractivity contribution is 0.660. The molecule has 0 atom stereocenters. The number of hydrogen-bond donors (Lipinski definition) is 0. The number of fused-ring (bicyclic) bond motifs is 16. The first kappa shape index (κ1) is 37.2. The van der Waals surface area contributed by atoms with Crippen molar-refractivity contribution in [1.82, 2.24) is 0 Å². The van der Waals surface area contributed by atoms with Gasteiger partial charge in [-0.25, -0.2) is 0 Å². The molecule has 0 N–H and O–H groups in total. The first-order valence-corrected chi connectivity index (χ1v) is 23.1. The summed E-state index contributed by atoms with van der Waals surface area (Å²) >= 11 is 0. The quantitative estimate of drug-likeness (QED) is 0.172. The number of nitrogens with zero attached hydrogens (tertiary/aromatic N) is 1. The Hall–Kier alpha value is -8.20. The Morgan fingerprint density at radius 3 is 1.48 bits per heavy atom. The minimum atomic E-state index is -0.495. The number of rotatable bonds is 5. The predicted octanol–water partition coefficient (Wildman–Crippen LogP) is 17.0. The molecule has 0 aliphatic heterocycles. The normalized spacial score (nSPS) is 14.2. The second-order valence-corrected chi connectivity index (χ2v) is 18.7. The maximum Gasteiger partial charge on any atom is 0.137 e. The predicted molar refractivity (Wildman–Crippen MR) is 273 cm³/mol. The summed E-state index contributed by atoms with van der Waals surface area (Å²) in [6.45, 7) is 4.71. The zero-order valence-electron chi connectivity index (χ0n) is 36.7. The summed E-state index contributed by atoms with van der Waals surface area (Å²) in [7, 11) is 0. The van der Waals surface area contributed by atoms with Crippen molar-refractivity contribution in [2.45, 2.75) is 24.7 Å². The summed E-state index contributed by atoms with van der Waals surface area (Å²) in [6, 6.07) is 82.9. The van der Waals surface area contributed by atoms with Gasteiger partial charge in [-0.2, -0.15) is 0 Å². The van der Waals surface area contributed by atoms with E-state index in [2.05, 4.69) is 243 Å². The molecule has 0 radical (unpaired) electrons. The van der Waals surface area contributed by atoms with E-state index in [-0.39, 0.29) is 5.41 Å². The minimum Gasteiger partial charge on any atom is -0.456 e. The van der Waals surface area contributed by atoms with E-state index in [1.54, 1.807) is 0 Å². The summed E-state index contributed by atoms with van der Waals surface area (Å²) in [5.74, 6) is 0. The van der Waals surface area contributed by atoms with Crippen LogP contribution in [0.4, 0.5) is 17.1 Å². The molecule has 1 spiro atoms. The summed E-state index contributed by atoms with van der Waals surface area (Å²) in [5, 5.41) is 2.25. The third-order valence-corrected chi connectivity index (χ3v) is 15.1. The molecule has 10 aromatic carbocycles. The van der Waals surface area contributed by atoms with Gasteiger partial charge in [-0.1, -0.05) is 190 Å². The smallest absolute Gasteiger partial charge is 0.137 e. The van der Waals surface area contributed by atoms with E-state index in [0.717, 1.165) is 39.0 Å². The highest BCUT2D eigenvalue weighted by Crippen LogP contribution is 2.65. The van der Waals surface area contributed by atoms with Crippen LogP contribution in [0.1, 0.15) is 47.2 Å². The Morgan fingerprint density at radius 2 is 0.818 bits per heavy atom. The van der Waals surface area contributed by atoms with E-state index in [9.17, 15) is 0 Å². The third kappa shape index (κ3) is 4.96. The summed E-state index contributed by atoms with van der Waals surface area (Å²) in [6.07, 6.45) is 0. The monoisotopic (exact) mass is 841 g/mol. The lowest BCUT2D eigenvalue weighted by Crippen LogP contribution is -2.25. The number of hydrogen-bond acceptors (Lipinski definition) is 2. The van der Waals surface area contributed by atoms with Crippen LogP contribution in [-0.4, -0.2) is 0 Å². The third-order valence-electron chi connectivity index (χ3n) is 15.1. The zero-order chi connectivity index (χ0) is 43.7. The van der Waals surface area contributed by atoms with E-state index < -0.39 is 5.41 Å². The van der Waals surface area contributed by atoms with Gasteiger partial charge < -0.3 is 9.32 Å². The van der Waals surface area contributed by atoms with Gasteiger partial charge in [0.05, 0.1) is 5.41 Å². The maximum absolute atomic E-state index is 7.28. The number of furan rings is 1. The standard InChI is InChI=1S/C64H43NO/c1-63(2)52-25-13-9-21-46(52)49-35-33-44(37-56(49)63)65(43-31-29-41(30-32-43)40-17-5-3-6-18-40)45-34-36-51-58(38-45)66-59-39-57-61(60(62(51)59)42-19-7-4-8-20-42)50-24-12-16-28-55(50)64(57)53-26-14-10-22-47(53)48-23-11-15-27-54(48)64/h3-39H,1-2H3. The molecular formula is C64H43NO. The molecule has 0 saturated carbocycles. The van der Waals surface area contributed by atoms with Crippen molar-refractivity contribution in [2.75, 3.05) is 4.90 Å². The molecule has 0 bridgehead atoms. The van der Waals surface area contributed by atoms with Gasteiger partial charge in [0.15, 0.2) is 0 Å². The van der Waals surface area contributed by atoms with Gasteiger partial charge in [-0.05, 0) is 126 Å². The first-order chi connectivity index (χ1) is 32.5. The molecule has 1 heterocycles. The van der Waals surface area contributed by atoms with Crippen molar-refractivity contribution in [1.29, 1.82) is 0 Å². The van der Waals surface area contributed by atoms with Crippen LogP contribution in [0.25, 0.3) is 77.6 Å². The van der Waals surface area contributed by atoms with Crippen molar-refractivity contribution in [3.63, 3.8) is 0 Å². The van der Waals surface area contributed by atoms with Crippen LogP contribution in [0.3, 0.4) is 0 Å². The molecule has 1 aromatic heterocycles. The van der Waals surface area contributed by atoms with Crippen molar-refractivity contribution in [2.24, 2.45) is 0 Å². The second kappa shape index (κ2) is 13.7. The number of benzene rings is 10. The van der Waals surface area contributed by atoms with Crippen molar-refractivity contribution < 1.29 is 4.42 Å². The Bertz CT molecular complexity index is 3740. The van der Waals surface area contributed by atoms with E-state index in [4.69, 9.17) is 4.42 Å². The molecule has 310 valence electrons. The average Bonchev–Trinajstić information content (AvgIpc) is 4.06. The van der Waals surface area contributed by atoms with Crippen LogP contribution in [0.5, 0.6) is 0 Å². The molecule has 14 rings (SSSR count). The molecule has 0 saturated heterocycles. The molecule has 0 amide bonds. The van der Waals surface area contributed by atoms with Gasteiger partial charge >= 0.3 is 0 Å². The summed E-state index contributed by atoms with van der Waals surface area (Å²) in [5.41, 5.74) is 24.8. The Balaban J connectivity index is 1.02. The van der Waals surface area contributed by atoms with E-state index in [1.807, 2.05) is 0 Å². The highest BCUT2D eigenvalue weighted by molar-refractivity contribution is 6.19. The van der Waals surface area contributed by atoms with E-state index in [1.165, 1.54) is 89.0 Å². The van der Waals surface area contributed by atoms with Gasteiger partial charge in [0.1, 0.15) is 11.2 Å². The Morgan fingerprint density at radius 1 is 0.333 bits per heavy atom. The fourth-order valence-electron chi connectivity index (χ4n) is 12.2. The molecular weight excluding hydrogens is 799 g/mol. The minimum absolute atomic E-state index is 0.141. The van der Waals surface area contributed by atoms with Crippen LogP contribution >= 0.6 is 0 Å². The topological polar surface area (TPSA) is 16.4 Å². The Kier molecular flexibility index (Phi) is 7.70. The van der Waals surface area contributed by atoms with Crippen molar-refractivity contribution in [3.05, 3.63) is 258 Å². The lowest BCUT2D eigenvalue weighted by atomic mass is 9.70. The van der Waals surface area contributed by atoms with E-state index in [0.29, 0.717) is 0 Å². The van der Waals surface area contributed by atoms with Crippen LogP contribution < -0.4 is 4.90 Å². The largest absolute Gasteiger partial charge is 0.456 e. The molecule has 0 unspecified atom stereocenters. The van der Waals surface area contributed by atoms with Crippen molar-refractivity contribution in [3.8, 4) is 55.6 Å². The molecule has 2 nitrogen and oxygen atoms in total. The van der Waals surface area contributed by atoms with Crippen LogP contribution in [-0.2, 0) is 10.8 Å². The van der Waals surface area contributed by atoms with Gasteiger partial charge in [-0.3, -0.25) is 0 Å². The van der Waals surface area contributed by atoms with Gasteiger partial charge in [-0.15, -0.1) is 0 Å². The second-order valence-electron chi connectivity index (χ2n) is 18.7. The molecule has 66 heavy (non-hydrogen) atoms. The van der Waals surface area contributed by atoms with Crippen molar-refractivity contribution >= 4 is 39.0 Å². The van der Waals surface area contributed by atoms with E-state index >= 15 is 0 Å². The highest BCUT2D eigenvalue weighted by Gasteiger charge is 2.52. The zero-order valence-corrected chi connectivity index (χ0v) is 36.7. The molecule has 2 heteroatoms. The first-order valence-electron chi connectivity index (χ1n) is 23.1. The maximum atomic E-state index is 7.28. The van der Waals surface area contributed by atoms with Gasteiger partial charge in [0, 0.05) is 44.9 Å². The molecule has 3 aliphatic rings. The Labute approximate surface area is 384 Å². The van der Waals surface area contributed by atoms with Gasteiger partial charge in [0.25, 0.3) is 0 Å². The highest BCUT2D eigenvalue weighted by atomic mass is 16.3. The van der Waals surface area contributed by atoms with Crippen LogP contribution in [0.15, 0.2) is 229 Å².